The number of nitrogens with two attached hydrogens (primary N) is 1. The number of amidine groups is 1. The molecule has 2 aromatic heterocycles. The quantitative estimate of drug-likeness (QED) is 0.302. The highest BCUT2D eigenvalue weighted by Gasteiger charge is 2.39. The van der Waals surface area contributed by atoms with Crippen molar-refractivity contribution in [1.82, 2.24) is 19.1 Å². The number of carbonyl (C=O) groups is 2. The maximum absolute atomic E-state index is 13.5. The van der Waals surface area contributed by atoms with Crippen LogP contribution in [0.3, 0.4) is 0 Å². The summed E-state index contributed by atoms with van der Waals surface area (Å²) in [5.74, 6) is -1.58. The first-order chi connectivity index (χ1) is 17.5. The van der Waals surface area contributed by atoms with Gasteiger partial charge in [0.15, 0.2) is 5.01 Å². The van der Waals surface area contributed by atoms with Gasteiger partial charge < -0.3 is 20.6 Å². The molecule has 2 aliphatic heterocycles. The summed E-state index contributed by atoms with van der Waals surface area (Å²) in [5.41, 5.74) is 6.96. The Bertz CT molecular complexity index is 1510. The molecule has 2 aliphatic rings. The number of fused-ring (bicyclic) bond motifs is 2. The predicted octanol–water partition coefficient (Wildman–Crippen LogP) is 1.62. The number of amides is 1. The average Bonchev–Trinajstić information content (AvgIpc) is 3.47. The molecule has 1 unspecified atom stereocenters. The molecule has 4 N–H and O–H groups in total. The number of aliphatic carboxylic acids is 1. The molecule has 0 bridgehead atoms. The van der Waals surface area contributed by atoms with Crippen molar-refractivity contribution in [2.24, 2.45) is 5.73 Å². The minimum Gasteiger partial charge on any atom is -0.481 e. The van der Waals surface area contributed by atoms with Crippen molar-refractivity contribution in [2.45, 2.75) is 29.6 Å². The van der Waals surface area contributed by atoms with E-state index in [1.807, 2.05) is 7.05 Å². The number of nitrogens with one attached hydrogen (secondary N) is 1. The van der Waals surface area contributed by atoms with Crippen molar-refractivity contribution in [3.8, 4) is 0 Å². The van der Waals surface area contributed by atoms with Gasteiger partial charge in [0.05, 0.1) is 18.2 Å². The van der Waals surface area contributed by atoms with Crippen LogP contribution in [0.5, 0.6) is 0 Å². The van der Waals surface area contributed by atoms with Gasteiger partial charge in [0, 0.05) is 54.3 Å². The van der Waals surface area contributed by atoms with E-state index in [1.54, 1.807) is 24.3 Å². The Balaban J connectivity index is 1.39. The molecule has 3 aromatic rings. The molecule has 0 spiro atoms. The molecule has 0 radical (unpaired) electrons. The number of thiophene rings is 1. The van der Waals surface area contributed by atoms with Crippen LogP contribution in [0.25, 0.3) is 10.1 Å². The molecule has 196 valence electrons. The molecular formula is C23H26N6O5S3. The third kappa shape index (κ3) is 4.99. The fourth-order valence-corrected chi connectivity index (χ4v) is 8.81. The van der Waals surface area contributed by atoms with Crippen LogP contribution < -0.4 is 5.73 Å². The van der Waals surface area contributed by atoms with Crippen molar-refractivity contribution >= 4 is 60.5 Å². The zero-order valence-corrected chi connectivity index (χ0v) is 22.5. The zero-order valence-electron chi connectivity index (χ0n) is 20.0. The molecule has 1 saturated heterocycles. The molecule has 1 amide bonds. The number of thiazole rings is 1. The predicted molar refractivity (Wildman–Crippen MR) is 141 cm³/mol. The van der Waals surface area contributed by atoms with Gasteiger partial charge in [-0.3, -0.25) is 15.0 Å². The van der Waals surface area contributed by atoms with Gasteiger partial charge in [0.2, 0.25) is 0 Å². The number of carboxylic acid groups (broad SMARTS) is 1. The highest BCUT2D eigenvalue weighted by atomic mass is 32.2. The number of nitrogen functional groups attached to an aromatic ring is 1. The van der Waals surface area contributed by atoms with E-state index >= 15 is 0 Å². The summed E-state index contributed by atoms with van der Waals surface area (Å²) in [5, 5.41) is 18.1. The largest absolute Gasteiger partial charge is 0.481 e. The topological polar surface area (TPSA) is 161 Å². The number of piperazine rings is 1. The Labute approximate surface area is 221 Å². The van der Waals surface area contributed by atoms with Crippen LogP contribution in [0.4, 0.5) is 0 Å². The van der Waals surface area contributed by atoms with Gasteiger partial charge >= 0.3 is 5.97 Å². The third-order valence-electron chi connectivity index (χ3n) is 6.62. The maximum atomic E-state index is 13.5. The number of likely N-dealkylation sites (N-methyl/N-ethyl adjacent to an activating group) is 1. The number of rotatable bonds is 6. The second-order valence-corrected chi connectivity index (χ2v) is 13.6. The SMILES string of the molecule is CN1CCc2nc(C(=O)N3CCN(S(=O)(=O)c4cc5cc(C(=N)N)ccc5s4)CC3CC(=O)O)sc2C1. The summed E-state index contributed by atoms with van der Waals surface area (Å²) in [6.07, 6.45) is 0.378. The fraction of sp³-hybridized carbons (Fsp3) is 0.391. The molecule has 11 nitrogen and oxygen atoms in total. The highest BCUT2D eigenvalue weighted by molar-refractivity contribution is 7.91. The monoisotopic (exact) mass is 562 g/mol. The number of aromatic nitrogens is 1. The number of hydrogen-bond acceptors (Lipinski definition) is 9. The van der Waals surface area contributed by atoms with E-state index in [9.17, 15) is 23.1 Å². The van der Waals surface area contributed by atoms with Gasteiger partial charge in [-0.25, -0.2) is 13.4 Å². The Morgan fingerprint density at radius 1 is 1.22 bits per heavy atom. The Morgan fingerprint density at radius 3 is 2.73 bits per heavy atom. The van der Waals surface area contributed by atoms with Crippen molar-refractivity contribution in [2.75, 3.05) is 33.2 Å². The zero-order chi connectivity index (χ0) is 26.5. The Hall–Kier alpha value is -2.91. The van der Waals surface area contributed by atoms with Gasteiger partial charge in [-0.05, 0) is 36.7 Å². The lowest BCUT2D eigenvalue weighted by Gasteiger charge is -2.39. The minimum absolute atomic E-state index is 0.0466. The van der Waals surface area contributed by atoms with Crippen molar-refractivity contribution in [3.63, 3.8) is 0 Å². The van der Waals surface area contributed by atoms with E-state index in [0.29, 0.717) is 22.5 Å². The van der Waals surface area contributed by atoms with E-state index in [2.05, 4.69) is 9.88 Å². The van der Waals surface area contributed by atoms with E-state index < -0.39 is 22.0 Å². The summed E-state index contributed by atoms with van der Waals surface area (Å²) < 4.78 is 29.1. The Kier molecular flexibility index (Phi) is 6.79. The average molecular weight is 563 g/mol. The first kappa shape index (κ1) is 25.7. The van der Waals surface area contributed by atoms with Crippen LogP contribution in [0.15, 0.2) is 28.5 Å². The maximum Gasteiger partial charge on any atom is 0.305 e. The number of benzene rings is 1. The molecule has 1 aromatic carbocycles. The fourth-order valence-electron chi connectivity index (χ4n) is 4.67. The highest BCUT2D eigenvalue weighted by Crippen LogP contribution is 2.33. The second kappa shape index (κ2) is 9.76. The molecule has 14 heteroatoms. The first-order valence-electron chi connectivity index (χ1n) is 11.6. The van der Waals surface area contributed by atoms with Gasteiger partial charge in [0.25, 0.3) is 15.9 Å². The molecular weight excluding hydrogens is 536 g/mol. The van der Waals surface area contributed by atoms with Crippen LogP contribution >= 0.6 is 22.7 Å². The minimum atomic E-state index is -3.93. The summed E-state index contributed by atoms with van der Waals surface area (Å²) >= 11 is 2.43. The first-order valence-corrected chi connectivity index (χ1v) is 14.7. The molecule has 5 rings (SSSR count). The van der Waals surface area contributed by atoms with Crippen LogP contribution in [0.1, 0.15) is 32.4 Å². The molecule has 0 aliphatic carbocycles. The van der Waals surface area contributed by atoms with Crippen LogP contribution in [-0.4, -0.2) is 89.6 Å². The van der Waals surface area contributed by atoms with E-state index in [4.69, 9.17) is 11.1 Å². The van der Waals surface area contributed by atoms with Gasteiger partial charge in [-0.15, -0.1) is 22.7 Å². The van der Waals surface area contributed by atoms with Crippen LogP contribution in [0, 0.1) is 5.41 Å². The summed E-state index contributed by atoms with van der Waals surface area (Å²) in [6, 6.07) is 5.78. The van der Waals surface area contributed by atoms with Crippen LogP contribution in [-0.2, 0) is 27.8 Å². The summed E-state index contributed by atoms with van der Waals surface area (Å²) in [4.78, 5) is 34.2. The standard InChI is InChI=1S/C23H26N6O5S3/c1-27-5-4-16-18(12-27)36-22(26-16)23(32)29-7-6-28(11-15(29)10-19(30)31)37(33,34)20-9-14-8-13(21(24)25)2-3-17(14)35-20/h2-3,8-9,15H,4-7,10-12H2,1H3,(H3,24,25)(H,30,31). The number of carbonyl (C=O) groups excluding carboxylic acids is 1. The van der Waals surface area contributed by atoms with Gasteiger partial charge in [-0.2, -0.15) is 4.31 Å². The van der Waals surface area contributed by atoms with E-state index in [0.717, 1.165) is 39.6 Å². The number of carboxylic acids is 1. The van der Waals surface area contributed by atoms with Crippen molar-refractivity contribution < 1.29 is 23.1 Å². The van der Waals surface area contributed by atoms with Crippen LogP contribution in [0.2, 0.25) is 0 Å². The van der Waals surface area contributed by atoms with E-state index in [-0.39, 0.29) is 42.0 Å². The third-order valence-corrected chi connectivity index (χ3v) is 11.1. The number of sulfonamides is 1. The lowest BCUT2D eigenvalue weighted by molar-refractivity contribution is -0.138. The second-order valence-electron chi connectivity index (χ2n) is 9.22. The van der Waals surface area contributed by atoms with Crippen molar-refractivity contribution in [1.29, 1.82) is 5.41 Å². The summed E-state index contributed by atoms with van der Waals surface area (Å²) in [7, 11) is -1.92. The lowest BCUT2D eigenvalue weighted by Crippen LogP contribution is -2.57. The van der Waals surface area contributed by atoms with Gasteiger partial charge in [0.1, 0.15) is 10.0 Å². The van der Waals surface area contributed by atoms with E-state index in [1.165, 1.54) is 20.5 Å². The molecule has 1 fully saturated rings. The Morgan fingerprint density at radius 2 is 2.00 bits per heavy atom. The molecule has 4 heterocycles. The smallest absolute Gasteiger partial charge is 0.305 e. The normalized spacial score (nSPS) is 19.2. The number of nitrogens with zero attached hydrogens (tertiary/aromatic N) is 4. The lowest BCUT2D eigenvalue weighted by atomic mass is 10.1. The number of hydrogen-bond donors (Lipinski definition) is 3. The van der Waals surface area contributed by atoms with Gasteiger partial charge in [-0.1, -0.05) is 0 Å². The summed E-state index contributed by atoms with van der Waals surface area (Å²) in [6.45, 7) is 1.57. The molecule has 37 heavy (non-hydrogen) atoms. The molecule has 1 atom stereocenters. The molecule has 0 saturated carbocycles. The van der Waals surface area contributed by atoms with Crippen molar-refractivity contribution in [3.05, 3.63) is 45.4 Å².